The predicted molar refractivity (Wildman–Crippen MR) is 105 cm³/mol. The van der Waals surface area contributed by atoms with E-state index in [0.29, 0.717) is 11.7 Å². The smallest absolute Gasteiger partial charge is 0.263 e. The third-order valence-electron chi connectivity index (χ3n) is 4.71. The third kappa shape index (κ3) is 3.77. The highest BCUT2D eigenvalue weighted by atomic mass is 32.2. The number of hydrogen-bond donors (Lipinski definition) is 1. The summed E-state index contributed by atoms with van der Waals surface area (Å²) in [4.78, 5) is 31.5. The Morgan fingerprint density at radius 1 is 1.36 bits per heavy atom. The van der Waals surface area contributed by atoms with Crippen molar-refractivity contribution >= 4 is 39.2 Å². The lowest BCUT2D eigenvalue weighted by Gasteiger charge is -2.14. The summed E-state index contributed by atoms with van der Waals surface area (Å²) in [6.45, 7) is 4.59. The Bertz CT molecular complexity index is 841. The van der Waals surface area contributed by atoms with E-state index in [2.05, 4.69) is 6.92 Å². The molecule has 0 spiro atoms. The fourth-order valence-electron chi connectivity index (χ4n) is 3.26. The largest absolute Gasteiger partial charge is 0.369 e. The number of carbonyl (C=O) groups excluding carboxylic acids is 1. The molecule has 1 amide bonds. The van der Waals surface area contributed by atoms with E-state index in [1.807, 2.05) is 0 Å². The lowest BCUT2D eigenvalue weighted by molar-refractivity contribution is -0.117. The summed E-state index contributed by atoms with van der Waals surface area (Å²) >= 11 is 2.93. The van der Waals surface area contributed by atoms with Gasteiger partial charge in [0.1, 0.15) is 4.83 Å². The van der Waals surface area contributed by atoms with Crippen molar-refractivity contribution in [2.45, 2.75) is 75.7 Å². The van der Waals surface area contributed by atoms with Crippen molar-refractivity contribution < 1.29 is 4.79 Å². The van der Waals surface area contributed by atoms with Crippen LogP contribution in [0.25, 0.3) is 10.2 Å². The summed E-state index contributed by atoms with van der Waals surface area (Å²) in [5, 5.41) is 1.03. The van der Waals surface area contributed by atoms with Gasteiger partial charge in [-0.3, -0.25) is 14.2 Å². The molecule has 1 aliphatic rings. The zero-order valence-corrected chi connectivity index (χ0v) is 16.5. The van der Waals surface area contributed by atoms with E-state index < -0.39 is 5.25 Å². The van der Waals surface area contributed by atoms with Gasteiger partial charge in [-0.15, -0.1) is 11.3 Å². The average molecular weight is 380 g/mol. The van der Waals surface area contributed by atoms with Gasteiger partial charge in [-0.05, 0) is 38.2 Å². The molecule has 0 radical (unpaired) electrons. The molecule has 0 aliphatic heterocycles. The maximum atomic E-state index is 13.2. The molecule has 2 aromatic heterocycles. The van der Waals surface area contributed by atoms with Gasteiger partial charge in [0, 0.05) is 11.4 Å². The van der Waals surface area contributed by atoms with E-state index in [0.717, 1.165) is 48.7 Å². The Hall–Kier alpha value is -1.34. The van der Waals surface area contributed by atoms with Gasteiger partial charge in [0.25, 0.3) is 5.56 Å². The van der Waals surface area contributed by atoms with E-state index in [9.17, 15) is 9.59 Å². The van der Waals surface area contributed by atoms with Crippen LogP contribution in [0.4, 0.5) is 0 Å². The summed E-state index contributed by atoms with van der Waals surface area (Å²) < 4.78 is 1.77. The van der Waals surface area contributed by atoms with Crippen LogP contribution in [-0.2, 0) is 24.2 Å². The fourth-order valence-corrected chi connectivity index (χ4v) is 5.45. The van der Waals surface area contributed by atoms with E-state index in [1.165, 1.54) is 28.6 Å². The molecular formula is C18H25N3O2S2. The van der Waals surface area contributed by atoms with Crippen LogP contribution in [0.3, 0.4) is 0 Å². The average Bonchev–Trinajstić information content (AvgIpc) is 3.14. The van der Waals surface area contributed by atoms with Crippen LogP contribution in [-0.4, -0.2) is 20.7 Å². The Morgan fingerprint density at radius 2 is 2.16 bits per heavy atom. The summed E-state index contributed by atoms with van der Waals surface area (Å²) in [6, 6.07) is 0. The van der Waals surface area contributed by atoms with Crippen molar-refractivity contribution in [3.8, 4) is 0 Å². The standard InChI is InChI=1S/C18H25N3O2S2/c1-3-4-5-6-10-21-17(23)14-12-8-7-9-13(12)25-16(14)20-18(21)24-11(2)15(19)22/h11H,3-10H2,1-2H3,(H2,19,22). The molecule has 0 fully saturated rings. The SMILES string of the molecule is CCCCCCn1c(SC(C)C(N)=O)nc2sc3c(c2c1=O)CCC3. The molecular weight excluding hydrogens is 354 g/mol. The molecule has 0 aromatic carbocycles. The van der Waals surface area contributed by atoms with Crippen molar-refractivity contribution in [2.24, 2.45) is 5.73 Å². The summed E-state index contributed by atoms with van der Waals surface area (Å²) in [5.74, 6) is -0.384. The van der Waals surface area contributed by atoms with Crippen molar-refractivity contribution in [2.75, 3.05) is 0 Å². The summed E-state index contributed by atoms with van der Waals surface area (Å²) in [6.07, 6.45) is 7.52. The van der Waals surface area contributed by atoms with Gasteiger partial charge in [-0.1, -0.05) is 37.9 Å². The highest BCUT2D eigenvalue weighted by Gasteiger charge is 2.24. The number of unbranched alkanes of at least 4 members (excludes halogenated alkanes) is 3. The number of rotatable bonds is 8. The van der Waals surface area contributed by atoms with Crippen LogP contribution >= 0.6 is 23.1 Å². The van der Waals surface area contributed by atoms with Crippen molar-refractivity contribution in [3.63, 3.8) is 0 Å². The zero-order valence-electron chi connectivity index (χ0n) is 14.8. The zero-order chi connectivity index (χ0) is 18.0. The Labute approximate surface area is 156 Å². The number of aromatic nitrogens is 2. The van der Waals surface area contributed by atoms with Gasteiger partial charge in [0.2, 0.25) is 5.91 Å². The normalized spacial score (nSPS) is 14.8. The second kappa shape index (κ2) is 7.91. The van der Waals surface area contributed by atoms with Crippen LogP contribution in [0.1, 0.15) is 56.4 Å². The van der Waals surface area contributed by atoms with Crippen LogP contribution in [0.15, 0.2) is 9.95 Å². The first-order valence-corrected chi connectivity index (χ1v) is 10.7. The first kappa shape index (κ1) is 18.5. The Morgan fingerprint density at radius 3 is 2.88 bits per heavy atom. The molecule has 25 heavy (non-hydrogen) atoms. The maximum absolute atomic E-state index is 13.2. The van der Waals surface area contributed by atoms with E-state index in [-0.39, 0.29) is 11.5 Å². The number of aryl methyl sites for hydroxylation is 2. The molecule has 2 aromatic rings. The monoisotopic (exact) mass is 379 g/mol. The van der Waals surface area contributed by atoms with Crippen molar-refractivity contribution in [3.05, 3.63) is 20.8 Å². The van der Waals surface area contributed by atoms with Crippen LogP contribution in [0, 0.1) is 0 Å². The van der Waals surface area contributed by atoms with Crippen molar-refractivity contribution in [1.82, 2.24) is 9.55 Å². The molecule has 136 valence electrons. The Kier molecular flexibility index (Phi) is 5.84. The summed E-state index contributed by atoms with van der Waals surface area (Å²) in [7, 11) is 0. The number of carbonyl (C=O) groups is 1. The molecule has 0 saturated carbocycles. The molecule has 0 bridgehead atoms. The lowest BCUT2D eigenvalue weighted by atomic mass is 10.2. The molecule has 2 N–H and O–H groups in total. The minimum atomic E-state index is -0.405. The molecule has 0 saturated heterocycles. The number of thiophene rings is 1. The van der Waals surface area contributed by atoms with Crippen LogP contribution in [0.5, 0.6) is 0 Å². The fraction of sp³-hybridized carbons (Fsp3) is 0.611. The van der Waals surface area contributed by atoms with Crippen LogP contribution < -0.4 is 11.3 Å². The number of hydrogen-bond acceptors (Lipinski definition) is 5. The molecule has 1 unspecified atom stereocenters. The highest BCUT2D eigenvalue weighted by Crippen LogP contribution is 2.36. The number of primary amides is 1. The van der Waals surface area contributed by atoms with E-state index in [1.54, 1.807) is 22.8 Å². The molecule has 3 rings (SSSR count). The molecule has 7 heteroatoms. The lowest BCUT2D eigenvalue weighted by Crippen LogP contribution is -2.27. The topological polar surface area (TPSA) is 78.0 Å². The number of fused-ring (bicyclic) bond motifs is 3. The van der Waals surface area contributed by atoms with Gasteiger partial charge in [0.15, 0.2) is 5.16 Å². The molecule has 1 atom stereocenters. The second-order valence-corrected chi connectivity index (χ2v) is 9.00. The minimum absolute atomic E-state index is 0.0556. The van der Waals surface area contributed by atoms with Gasteiger partial charge < -0.3 is 5.73 Å². The predicted octanol–water partition coefficient (Wildman–Crippen LogP) is 3.49. The third-order valence-corrected chi connectivity index (χ3v) is 7.00. The van der Waals surface area contributed by atoms with Crippen LogP contribution in [0.2, 0.25) is 0 Å². The number of nitrogens with zero attached hydrogens (tertiary/aromatic N) is 2. The molecule has 2 heterocycles. The van der Waals surface area contributed by atoms with Gasteiger partial charge in [-0.2, -0.15) is 0 Å². The van der Waals surface area contributed by atoms with Crippen molar-refractivity contribution in [1.29, 1.82) is 0 Å². The first-order chi connectivity index (χ1) is 12.0. The summed E-state index contributed by atoms with van der Waals surface area (Å²) in [5.41, 5.74) is 6.67. The number of amides is 1. The first-order valence-electron chi connectivity index (χ1n) is 9.04. The van der Waals surface area contributed by atoms with Gasteiger partial charge in [0.05, 0.1) is 10.6 Å². The minimum Gasteiger partial charge on any atom is -0.369 e. The highest BCUT2D eigenvalue weighted by molar-refractivity contribution is 8.00. The number of thioether (sulfide) groups is 1. The Balaban J connectivity index is 2.02. The quantitative estimate of drug-likeness (QED) is 0.433. The molecule has 1 aliphatic carbocycles. The van der Waals surface area contributed by atoms with E-state index in [4.69, 9.17) is 10.7 Å². The second-order valence-electron chi connectivity index (χ2n) is 6.61. The van der Waals surface area contributed by atoms with Gasteiger partial charge in [-0.25, -0.2) is 4.98 Å². The van der Waals surface area contributed by atoms with Gasteiger partial charge >= 0.3 is 0 Å². The number of nitrogens with two attached hydrogens (primary N) is 1. The molecule has 5 nitrogen and oxygen atoms in total. The maximum Gasteiger partial charge on any atom is 0.263 e. The van der Waals surface area contributed by atoms with E-state index >= 15 is 0 Å².